The predicted octanol–water partition coefficient (Wildman–Crippen LogP) is 3.37. The summed E-state index contributed by atoms with van der Waals surface area (Å²) in [7, 11) is 1.62. The zero-order valence-electron chi connectivity index (χ0n) is 10.0. The fourth-order valence-electron chi connectivity index (χ4n) is 1.66. The number of hydrogen-bond donors (Lipinski definition) is 0. The maximum Gasteiger partial charge on any atom is 0.119 e. The van der Waals surface area contributed by atoms with Crippen LogP contribution in [-0.4, -0.2) is 13.2 Å². The fraction of sp³-hybridized carbons (Fsp3) is 0.500. The number of hydrogen-bond acceptors (Lipinski definition) is 3. The average molecular weight is 222 g/mol. The molecule has 0 bridgehead atoms. The van der Waals surface area contributed by atoms with Crippen molar-refractivity contribution in [1.29, 1.82) is 0 Å². The second-order valence-electron chi connectivity index (χ2n) is 3.76. The maximum atomic E-state index is 10.8. The first-order chi connectivity index (χ1) is 7.72. The average Bonchev–Trinajstić information content (AvgIpc) is 2.31. The van der Waals surface area contributed by atoms with Crippen LogP contribution in [0.5, 0.6) is 5.75 Å². The van der Waals surface area contributed by atoms with E-state index >= 15 is 0 Å². The molecule has 0 radical (unpaired) electrons. The summed E-state index contributed by atoms with van der Waals surface area (Å²) >= 11 is 0. The highest BCUT2D eigenvalue weighted by Gasteiger charge is 2.14. The van der Waals surface area contributed by atoms with E-state index in [0.717, 1.165) is 24.3 Å². The number of nitroso groups, excluding NO2 is 1. The number of nitrogens with zero attached hydrogens (tertiary/aromatic N) is 2. The highest BCUT2D eigenvalue weighted by molar-refractivity contribution is 5.48. The summed E-state index contributed by atoms with van der Waals surface area (Å²) in [6.45, 7) is 4.09. The van der Waals surface area contributed by atoms with Crippen LogP contribution in [0.2, 0.25) is 0 Å². The van der Waals surface area contributed by atoms with E-state index in [9.17, 15) is 4.91 Å². The summed E-state index contributed by atoms with van der Waals surface area (Å²) in [5.41, 5.74) is 0.803. The molecule has 0 amide bonds. The van der Waals surface area contributed by atoms with Gasteiger partial charge in [-0.1, -0.05) is 13.3 Å². The van der Waals surface area contributed by atoms with Crippen LogP contribution in [0.15, 0.2) is 29.6 Å². The lowest BCUT2D eigenvalue weighted by atomic mass is 10.1. The minimum atomic E-state index is 0.121. The topological polar surface area (TPSA) is 41.9 Å². The fourth-order valence-corrected chi connectivity index (χ4v) is 1.66. The molecule has 0 aliphatic carbocycles. The second-order valence-corrected chi connectivity index (χ2v) is 3.76. The zero-order valence-corrected chi connectivity index (χ0v) is 10.0. The van der Waals surface area contributed by atoms with Gasteiger partial charge in [-0.3, -0.25) is 0 Å². The summed E-state index contributed by atoms with van der Waals surface area (Å²) in [5.74, 6) is 0.776. The van der Waals surface area contributed by atoms with E-state index in [1.54, 1.807) is 7.11 Å². The van der Waals surface area contributed by atoms with Crippen LogP contribution in [0.3, 0.4) is 0 Å². The Morgan fingerprint density at radius 2 is 2.00 bits per heavy atom. The first-order valence-corrected chi connectivity index (χ1v) is 5.49. The van der Waals surface area contributed by atoms with Gasteiger partial charge in [0.05, 0.1) is 24.1 Å². The summed E-state index contributed by atoms with van der Waals surface area (Å²) in [4.78, 5) is 10.8. The molecule has 4 heteroatoms. The van der Waals surface area contributed by atoms with Gasteiger partial charge in [0.1, 0.15) is 5.75 Å². The molecule has 0 heterocycles. The molecule has 88 valence electrons. The van der Waals surface area contributed by atoms with Gasteiger partial charge in [0.25, 0.3) is 0 Å². The molecule has 0 fully saturated rings. The lowest BCUT2D eigenvalue weighted by molar-refractivity contribution is 0.414. The van der Waals surface area contributed by atoms with Gasteiger partial charge in [-0.05, 0) is 37.6 Å². The Kier molecular flexibility index (Phi) is 4.76. The molecule has 1 aromatic carbocycles. The third-order valence-corrected chi connectivity index (χ3v) is 2.55. The molecule has 0 aliphatic rings. The van der Waals surface area contributed by atoms with Crippen molar-refractivity contribution in [3.63, 3.8) is 0 Å². The van der Waals surface area contributed by atoms with Crippen molar-refractivity contribution in [1.82, 2.24) is 0 Å². The molecule has 4 nitrogen and oxygen atoms in total. The van der Waals surface area contributed by atoms with Gasteiger partial charge in [-0.2, -0.15) is 0 Å². The zero-order chi connectivity index (χ0) is 12.0. The molecule has 16 heavy (non-hydrogen) atoms. The smallest absolute Gasteiger partial charge is 0.119 e. The van der Waals surface area contributed by atoms with E-state index in [4.69, 9.17) is 4.74 Å². The molecule has 0 spiro atoms. The van der Waals surface area contributed by atoms with Crippen LogP contribution in [0, 0.1) is 4.91 Å². The first kappa shape index (κ1) is 12.5. The van der Waals surface area contributed by atoms with E-state index in [1.165, 1.54) is 5.01 Å². The molecule has 1 atom stereocenters. The van der Waals surface area contributed by atoms with E-state index in [-0.39, 0.29) is 6.04 Å². The molecule has 0 aromatic heterocycles. The molecule has 1 unspecified atom stereocenters. The van der Waals surface area contributed by atoms with Gasteiger partial charge < -0.3 is 4.74 Å². The molecule has 0 N–H and O–H groups in total. The van der Waals surface area contributed by atoms with Crippen molar-refractivity contribution < 1.29 is 4.74 Å². The summed E-state index contributed by atoms with van der Waals surface area (Å²) in [5, 5.41) is 4.58. The summed E-state index contributed by atoms with van der Waals surface area (Å²) in [6.07, 6.45) is 1.97. The quantitative estimate of drug-likeness (QED) is 0.547. The van der Waals surface area contributed by atoms with Gasteiger partial charge >= 0.3 is 0 Å². The van der Waals surface area contributed by atoms with E-state index < -0.39 is 0 Å². The van der Waals surface area contributed by atoms with Crippen LogP contribution < -0.4 is 9.75 Å². The van der Waals surface area contributed by atoms with Crippen LogP contribution in [0.4, 0.5) is 5.69 Å². The maximum absolute atomic E-state index is 10.8. The Bertz CT molecular complexity index is 324. The highest BCUT2D eigenvalue weighted by Crippen LogP contribution is 2.22. The van der Waals surface area contributed by atoms with Crippen LogP contribution in [0.1, 0.15) is 26.7 Å². The Balaban J connectivity index is 2.82. The molecule has 0 saturated carbocycles. The number of ether oxygens (including phenoxy) is 1. The third kappa shape index (κ3) is 2.95. The Morgan fingerprint density at radius 1 is 1.38 bits per heavy atom. The van der Waals surface area contributed by atoms with Gasteiger partial charge in [-0.25, -0.2) is 5.01 Å². The standard InChI is InChI=1S/C12H18N2O2/c1-4-5-10(2)14(13-15)11-6-8-12(16-3)9-7-11/h6-10H,4-5H2,1-3H3. The highest BCUT2D eigenvalue weighted by atomic mass is 16.5. The van der Waals surface area contributed by atoms with Crippen molar-refractivity contribution in [3.05, 3.63) is 29.2 Å². The minimum Gasteiger partial charge on any atom is -0.497 e. The van der Waals surface area contributed by atoms with Gasteiger partial charge in [0.2, 0.25) is 0 Å². The van der Waals surface area contributed by atoms with Crippen LogP contribution in [0.25, 0.3) is 0 Å². The molecular formula is C12H18N2O2. The molecule has 1 aromatic rings. The van der Waals surface area contributed by atoms with E-state index in [0.29, 0.717) is 0 Å². The number of anilines is 1. The Morgan fingerprint density at radius 3 is 2.44 bits per heavy atom. The van der Waals surface area contributed by atoms with E-state index in [2.05, 4.69) is 12.2 Å². The van der Waals surface area contributed by atoms with Gasteiger partial charge in [0, 0.05) is 0 Å². The summed E-state index contributed by atoms with van der Waals surface area (Å²) in [6, 6.07) is 7.45. The Labute approximate surface area is 96.2 Å². The van der Waals surface area contributed by atoms with Gasteiger partial charge in [0.15, 0.2) is 0 Å². The van der Waals surface area contributed by atoms with Crippen LogP contribution >= 0.6 is 0 Å². The molecule has 0 aliphatic heterocycles. The third-order valence-electron chi connectivity index (χ3n) is 2.55. The van der Waals surface area contributed by atoms with Crippen molar-refractivity contribution >= 4 is 5.69 Å². The van der Waals surface area contributed by atoms with Crippen molar-refractivity contribution in [2.75, 3.05) is 12.1 Å². The van der Waals surface area contributed by atoms with Gasteiger partial charge in [-0.15, -0.1) is 4.91 Å². The number of benzene rings is 1. The summed E-state index contributed by atoms with van der Waals surface area (Å²) < 4.78 is 5.06. The Hall–Kier alpha value is -1.58. The molecule has 0 saturated heterocycles. The lowest BCUT2D eigenvalue weighted by Crippen LogP contribution is -2.26. The molecule has 1 rings (SSSR count). The van der Waals surface area contributed by atoms with Crippen molar-refractivity contribution in [2.45, 2.75) is 32.7 Å². The second kappa shape index (κ2) is 6.10. The number of rotatable bonds is 6. The molecular weight excluding hydrogens is 204 g/mol. The monoisotopic (exact) mass is 222 g/mol. The SMILES string of the molecule is CCCC(C)N(N=O)c1ccc(OC)cc1. The van der Waals surface area contributed by atoms with Crippen molar-refractivity contribution in [3.8, 4) is 5.75 Å². The van der Waals surface area contributed by atoms with Crippen molar-refractivity contribution in [2.24, 2.45) is 5.29 Å². The lowest BCUT2D eigenvalue weighted by Gasteiger charge is -2.22. The normalized spacial score (nSPS) is 11.9. The van der Waals surface area contributed by atoms with Crippen LogP contribution in [-0.2, 0) is 0 Å². The van der Waals surface area contributed by atoms with E-state index in [1.807, 2.05) is 31.2 Å². The first-order valence-electron chi connectivity index (χ1n) is 5.49. The minimum absolute atomic E-state index is 0.121. The largest absolute Gasteiger partial charge is 0.497 e. The predicted molar refractivity (Wildman–Crippen MR) is 65.6 cm³/mol. The number of methoxy groups -OCH3 is 1.